The van der Waals surface area contributed by atoms with E-state index in [0.717, 1.165) is 12.2 Å². The van der Waals surface area contributed by atoms with Crippen LogP contribution in [0.1, 0.15) is 19.8 Å². The molecule has 0 aromatic carbocycles. The first kappa shape index (κ1) is 13.2. The predicted octanol–water partition coefficient (Wildman–Crippen LogP) is 0.998. The van der Waals surface area contributed by atoms with E-state index in [4.69, 9.17) is 5.11 Å². The Morgan fingerprint density at radius 2 is 2.31 bits per heavy atom. The van der Waals surface area contributed by atoms with Crippen LogP contribution in [0.15, 0.2) is 0 Å². The summed E-state index contributed by atoms with van der Waals surface area (Å²) in [6.07, 6.45) is 0.921. The molecule has 1 unspecified atom stereocenters. The molecule has 1 fully saturated rings. The predicted molar refractivity (Wildman–Crippen MR) is 63.8 cm³/mol. The maximum Gasteiger partial charge on any atom is 0.317 e. The van der Waals surface area contributed by atoms with E-state index in [1.807, 2.05) is 6.92 Å². The molecule has 6 heteroatoms. The first-order valence-electron chi connectivity index (χ1n) is 5.49. The molecule has 1 heterocycles. The lowest BCUT2D eigenvalue weighted by atomic mass is 10.2. The van der Waals surface area contributed by atoms with Gasteiger partial charge in [0.25, 0.3) is 0 Å². The van der Waals surface area contributed by atoms with Gasteiger partial charge in [-0.05, 0) is 6.42 Å². The number of carboxylic acid groups (broad SMARTS) is 1. The molecule has 1 aliphatic rings. The first-order valence-corrected chi connectivity index (χ1v) is 6.64. The number of amides is 2. The van der Waals surface area contributed by atoms with E-state index in [1.54, 1.807) is 16.7 Å². The number of rotatable bonds is 4. The highest BCUT2D eigenvalue weighted by atomic mass is 32.2. The monoisotopic (exact) mass is 246 g/mol. The van der Waals surface area contributed by atoms with Gasteiger partial charge in [-0.2, -0.15) is 11.8 Å². The number of hydrogen-bond acceptors (Lipinski definition) is 3. The van der Waals surface area contributed by atoms with Crippen molar-refractivity contribution in [3.63, 3.8) is 0 Å². The van der Waals surface area contributed by atoms with Gasteiger partial charge in [-0.15, -0.1) is 0 Å². The number of hydrogen-bond donors (Lipinski definition) is 2. The van der Waals surface area contributed by atoms with Gasteiger partial charge in [-0.3, -0.25) is 4.79 Å². The highest BCUT2D eigenvalue weighted by Gasteiger charge is 2.28. The minimum Gasteiger partial charge on any atom is -0.481 e. The molecule has 0 radical (unpaired) electrons. The zero-order valence-electron chi connectivity index (χ0n) is 9.44. The Labute approximate surface area is 99.6 Å². The average molecular weight is 246 g/mol. The second-order valence-electron chi connectivity index (χ2n) is 3.75. The molecular formula is C10H18N2O3S. The lowest BCUT2D eigenvalue weighted by Crippen LogP contribution is -2.51. The van der Waals surface area contributed by atoms with Gasteiger partial charge in [-0.1, -0.05) is 6.92 Å². The van der Waals surface area contributed by atoms with Gasteiger partial charge >= 0.3 is 12.0 Å². The molecule has 2 amide bonds. The van der Waals surface area contributed by atoms with E-state index in [9.17, 15) is 9.59 Å². The molecule has 2 N–H and O–H groups in total. The molecule has 0 aromatic rings. The van der Waals surface area contributed by atoms with Gasteiger partial charge in [0.2, 0.25) is 0 Å². The van der Waals surface area contributed by atoms with Crippen molar-refractivity contribution in [1.29, 1.82) is 0 Å². The normalized spacial score (nSPS) is 20.6. The summed E-state index contributed by atoms with van der Waals surface area (Å²) < 4.78 is 0. The minimum atomic E-state index is -0.846. The summed E-state index contributed by atoms with van der Waals surface area (Å²) >= 11 is 1.70. The second kappa shape index (κ2) is 6.62. The van der Waals surface area contributed by atoms with E-state index in [-0.39, 0.29) is 18.5 Å². The van der Waals surface area contributed by atoms with Crippen LogP contribution in [0.2, 0.25) is 0 Å². The van der Waals surface area contributed by atoms with E-state index in [0.29, 0.717) is 18.8 Å². The van der Waals surface area contributed by atoms with Gasteiger partial charge in [-0.25, -0.2) is 4.79 Å². The van der Waals surface area contributed by atoms with Crippen LogP contribution in [0.5, 0.6) is 0 Å². The van der Waals surface area contributed by atoms with Crippen LogP contribution >= 0.6 is 11.8 Å². The van der Waals surface area contributed by atoms with Crippen molar-refractivity contribution in [2.24, 2.45) is 0 Å². The van der Waals surface area contributed by atoms with Crippen LogP contribution in [0.4, 0.5) is 4.79 Å². The molecule has 0 bridgehead atoms. The Balaban J connectivity index is 2.51. The van der Waals surface area contributed by atoms with Gasteiger partial charge in [0, 0.05) is 24.6 Å². The quantitative estimate of drug-likeness (QED) is 0.776. The van der Waals surface area contributed by atoms with E-state index < -0.39 is 5.97 Å². The fourth-order valence-corrected chi connectivity index (χ4v) is 2.69. The van der Waals surface area contributed by atoms with Gasteiger partial charge in [0.05, 0.1) is 12.5 Å². The zero-order valence-corrected chi connectivity index (χ0v) is 10.3. The molecule has 1 saturated heterocycles. The number of carboxylic acids is 1. The fraction of sp³-hybridized carbons (Fsp3) is 0.800. The number of urea groups is 1. The Bertz CT molecular complexity index is 260. The summed E-state index contributed by atoms with van der Waals surface area (Å²) in [5, 5.41) is 11.6. The van der Waals surface area contributed by atoms with Crippen molar-refractivity contribution >= 4 is 23.8 Å². The lowest BCUT2D eigenvalue weighted by molar-refractivity contribution is -0.137. The molecule has 16 heavy (non-hydrogen) atoms. The lowest BCUT2D eigenvalue weighted by Gasteiger charge is -2.34. The van der Waals surface area contributed by atoms with Crippen molar-refractivity contribution in [3.05, 3.63) is 0 Å². The van der Waals surface area contributed by atoms with Gasteiger partial charge in [0.1, 0.15) is 0 Å². The maximum absolute atomic E-state index is 11.8. The van der Waals surface area contributed by atoms with Crippen LogP contribution in [0, 0.1) is 0 Å². The van der Waals surface area contributed by atoms with Crippen LogP contribution in [0.25, 0.3) is 0 Å². The Hall–Kier alpha value is -0.910. The van der Waals surface area contributed by atoms with Crippen molar-refractivity contribution in [2.45, 2.75) is 25.8 Å². The van der Waals surface area contributed by atoms with Crippen molar-refractivity contribution in [3.8, 4) is 0 Å². The number of carbonyl (C=O) groups excluding carboxylic acids is 1. The van der Waals surface area contributed by atoms with E-state index in [2.05, 4.69) is 5.32 Å². The van der Waals surface area contributed by atoms with Crippen LogP contribution in [-0.2, 0) is 4.79 Å². The molecule has 0 saturated carbocycles. The maximum atomic E-state index is 11.8. The van der Waals surface area contributed by atoms with Crippen molar-refractivity contribution in [1.82, 2.24) is 10.2 Å². The summed E-state index contributed by atoms with van der Waals surface area (Å²) in [6, 6.07) is -0.304. The Morgan fingerprint density at radius 3 is 2.94 bits per heavy atom. The van der Waals surface area contributed by atoms with E-state index >= 15 is 0 Å². The second-order valence-corrected chi connectivity index (χ2v) is 4.90. The molecule has 5 nitrogen and oxygen atoms in total. The smallest absolute Gasteiger partial charge is 0.317 e. The highest BCUT2D eigenvalue weighted by Crippen LogP contribution is 2.18. The summed E-state index contributed by atoms with van der Waals surface area (Å²) in [6.45, 7) is 3.27. The van der Waals surface area contributed by atoms with Crippen LogP contribution < -0.4 is 5.32 Å². The number of nitrogens with zero attached hydrogens (tertiary/aromatic N) is 1. The topological polar surface area (TPSA) is 69.6 Å². The summed E-state index contributed by atoms with van der Waals surface area (Å²) in [4.78, 5) is 24.1. The molecule has 0 aromatic heterocycles. The van der Waals surface area contributed by atoms with E-state index in [1.165, 1.54) is 0 Å². The SMILES string of the molecule is CCCNC(=O)N1CCSCC1CC(=O)O. The first-order chi connectivity index (χ1) is 7.65. The average Bonchev–Trinajstić information content (AvgIpc) is 2.26. The molecule has 1 atom stereocenters. The zero-order chi connectivity index (χ0) is 12.0. The molecular weight excluding hydrogens is 228 g/mol. The van der Waals surface area contributed by atoms with Gasteiger partial charge < -0.3 is 15.3 Å². The molecule has 1 rings (SSSR count). The molecule has 0 aliphatic carbocycles. The minimum absolute atomic E-state index is 0.0343. The third kappa shape index (κ3) is 3.92. The van der Waals surface area contributed by atoms with Crippen LogP contribution in [-0.4, -0.2) is 52.6 Å². The summed E-state index contributed by atoms with van der Waals surface area (Å²) in [7, 11) is 0. The summed E-state index contributed by atoms with van der Waals surface area (Å²) in [5.74, 6) is 0.752. The third-order valence-electron chi connectivity index (χ3n) is 2.42. The number of carbonyl (C=O) groups is 2. The summed E-state index contributed by atoms with van der Waals surface area (Å²) in [5.41, 5.74) is 0. The molecule has 0 spiro atoms. The molecule has 92 valence electrons. The van der Waals surface area contributed by atoms with Crippen molar-refractivity contribution in [2.75, 3.05) is 24.6 Å². The molecule has 1 aliphatic heterocycles. The fourth-order valence-electron chi connectivity index (χ4n) is 1.63. The van der Waals surface area contributed by atoms with Crippen LogP contribution in [0.3, 0.4) is 0 Å². The van der Waals surface area contributed by atoms with Crippen molar-refractivity contribution < 1.29 is 14.7 Å². The Kier molecular flexibility index (Phi) is 5.45. The largest absolute Gasteiger partial charge is 0.481 e. The Morgan fingerprint density at radius 1 is 1.56 bits per heavy atom. The third-order valence-corrected chi connectivity index (χ3v) is 3.52. The standard InChI is InChI=1S/C10H18N2O3S/c1-2-3-11-10(15)12-4-5-16-7-8(12)6-9(13)14/h8H,2-7H2,1H3,(H,11,15)(H,13,14). The van der Waals surface area contributed by atoms with Gasteiger partial charge in [0.15, 0.2) is 0 Å². The number of aliphatic carboxylic acids is 1. The number of nitrogens with one attached hydrogen (secondary N) is 1. The number of thioether (sulfide) groups is 1. The highest BCUT2D eigenvalue weighted by molar-refractivity contribution is 7.99.